The van der Waals surface area contributed by atoms with E-state index in [0.29, 0.717) is 11.4 Å². The molecular formula is C25H34ClN3O5S. The second-order valence-corrected chi connectivity index (χ2v) is 10.7. The van der Waals surface area contributed by atoms with Gasteiger partial charge in [-0.15, -0.1) is 0 Å². The van der Waals surface area contributed by atoms with Crippen molar-refractivity contribution in [2.45, 2.75) is 45.7 Å². The van der Waals surface area contributed by atoms with E-state index < -0.39 is 28.5 Å². The van der Waals surface area contributed by atoms with Gasteiger partial charge in [-0.1, -0.05) is 48.9 Å². The largest absolute Gasteiger partial charge is 0.495 e. The lowest BCUT2D eigenvalue weighted by Crippen LogP contribution is -2.53. The number of ether oxygens (including phenoxy) is 1. The van der Waals surface area contributed by atoms with Crippen molar-refractivity contribution in [2.24, 2.45) is 0 Å². The zero-order valence-corrected chi connectivity index (χ0v) is 22.4. The van der Waals surface area contributed by atoms with Crippen molar-refractivity contribution < 1.29 is 22.7 Å². The van der Waals surface area contributed by atoms with Crippen molar-refractivity contribution >= 4 is 39.1 Å². The average molecular weight is 524 g/mol. The maximum absolute atomic E-state index is 13.5. The Labute approximate surface area is 213 Å². The molecule has 2 aromatic carbocycles. The standard InChI is InChI=1S/C25H34ClN3O5S/c1-6-18(2)27-25(31)19(3)28(15-14-20-10-8-7-9-11-20)24(30)17-29(35(5,32)33)22-16-21(26)12-13-23(22)34-4/h7-13,16,18-19H,6,14-15,17H2,1-5H3,(H,27,31). The van der Waals surface area contributed by atoms with Crippen LogP contribution in [0.15, 0.2) is 48.5 Å². The Morgan fingerprint density at radius 3 is 2.34 bits per heavy atom. The van der Waals surface area contributed by atoms with Gasteiger partial charge in [-0.25, -0.2) is 8.42 Å². The van der Waals surface area contributed by atoms with Gasteiger partial charge in [-0.3, -0.25) is 13.9 Å². The van der Waals surface area contributed by atoms with E-state index in [1.807, 2.05) is 44.2 Å². The highest BCUT2D eigenvalue weighted by Crippen LogP contribution is 2.32. The van der Waals surface area contributed by atoms with Gasteiger partial charge in [-0.2, -0.15) is 0 Å². The number of amides is 2. The van der Waals surface area contributed by atoms with Gasteiger partial charge >= 0.3 is 0 Å². The quantitative estimate of drug-likeness (QED) is 0.459. The topological polar surface area (TPSA) is 96.0 Å². The van der Waals surface area contributed by atoms with Crippen LogP contribution in [-0.4, -0.2) is 63.7 Å². The predicted molar refractivity (Wildman–Crippen MR) is 139 cm³/mol. The highest BCUT2D eigenvalue weighted by molar-refractivity contribution is 7.92. The number of rotatable bonds is 12. The highest BCUT2D eigenvalue weighted by atomic mass is 35.5. The van der Waals surface area contributed by atoms with E-state index in [1.54, 1.807) is 13.0 Å². The van der Waals surface area contributed by atoms with Crippen LogP contribution in [0.4, 0.5) is 5.69 Å². The minimum absolute atomic E-state index is 0.0562. The zero-order valence-electron chi connectivity index (χ0n) is 20.8. The Kier molecular flexibility index (Phi) is 10.4. The number of carbonyl (C=O) groups excluding carboxylic acids is 2. The molecule has 0 bridgehead atoms. The van der Waals surface area contributed by atoms with Crippen LogP contribution < -0.4 is 14.4 Å². The smallest absolute Gasteiger partial charge is 0.244 e. The zero-order chi connectivity index (χ0) is 26.2. The minimum atomic E-state index is -3.89. The third-order valence-electron chi connectivity index (χ3n) is 5.74. The number of benzene rings is 2. The first-order chi connectivity index (χ1) is 16.5. The molecule has 0 radical (unpaired) electrons. The van der Waals surface area contributed by atoms with E-state index >= 15 is 0 Å². The van der Waals surface area contributed by atoms with Crippen molar-refractivity contribution in [1.82, 2.24) is 10.2 Å². The molecule has 1 N–H and O–H groups in total. The van der Waals surface area contributed by atoms with E-state index in [9.17, 15) is 18.0 Å². The summed E-state index contributed by atoms with van der Waals surface area (Å²) >= 11 is 6.11. The molecular weight excluding hydrogens is 490 g/mol. The molecule has 10 heteroatoms. The Morgan fingerprint density at radius 2 is 1.77 bits per heavy atom. The third kappa shape index (κ3) is 8.14. The number of halogens is 1. The normalized spacial score (nSPS) is 13.0. The minimum Gasteiger partial charge on any atom is -0.495 e. The first-order valence-corrected chi connectivity index (χ1v) is 13.7. The fourth-order valence-corrected chi connectivity index (χ4v) is 4.50. The van der Waals surface area contributed by atoms with E-state index in [2.05, 4.69) is 5.32 Å². The van der Waals surface area contributed by atoms with Gasteiger partial charge < -0.3 is 15.0 Å². The molecule has 0 fully saturated rings. The van der Waals surface area contributed by atoms with Gasteiger partial charge in [0.1, 0.15) is 18.3 Å². The molecule has 0 aromatic heterocycles. The predicted octanol–water partition coefficient (Wildman–Crippen LogP) is 3.49. The summed E-state index contributed by atoms with van der Waals surface area (Å²) in [6, 6.07) is 13.3. The van der Waals surface area contributed by atoms with Crippen molar-refractivity contribution in [3.05, 3.63) is 59.1 Å². The Morgan fingerprint density at radius 1 is 1.11 bits per heavy atom. The van der Waals surface area contributed by atoms with E-state index in [0.717, 1.165) is 22.5 Å². The first-order valence-electron chi connectivity index (χ1n) is 11.4. The van der Waals surface area contributed by atoms with Gasteiger partial charge in [0, 0.05) is 17.6 Å². The highest BCUT2D eigenvalue weighted by Gasteiger charge is 2.31. The van der Waals surface area contributed by atoms with Gasteiger partial charge in [0.05, 0.1) is 19.1 Å². The molecule has 0 saturated heterocycles. The third-order valence-corrected chi connectivity index (χ3v) is 7.10. The second kappa shape index (κ2) is 12.8. The number of sulfonamides is 1. The lowest BCUT2D eigenvalue weighted by Gasteiger charge is -2.32. The number of nitrogens with zero attached hydrogens (tertiary/aromatic N) is 2. The molecule has 2 rings (SSSR count). The molecule has 35 heavy (non-hydrogen) atoms. The van der Waals surface area contributed by atoms with Crippen LogP contribution in [0.25, 0.3) is 0 Å². The monoisotopic (exact) mass is 523 g/mol. The van der Waals surface area contributed by atoms with Crippen molar-refractivity contribution in [3.63, 3.8) is 0 Å². The van der Waals surface area contributed by atoms with E-state index in [1.165, 1.54) is 24.1 Å². The molecule has 0 spiro atoms. The number of nitrogens with one attached hydrogen (secondary N) is 1. The van der Waals surface area contributed by atoms with Crippen molar-refractivity contribution in [3.8, 4) is 5.75 Å². The van der Waals surface area contributed by atoms with Gasteiger partial charge in [-0.05, 0) is 50.5 Å². The van der Waals surface area contributed by atoms with E-state index in [-0.39, 0.29) is 29.9 Å². The molecule has 8 nitrogen and oxygen atoms in total. The molecule has 0 aliphatic rings. The molecule has 2 aromatic rings. The molecule has 192 valence electrons. The lowest BCUT2D eigenvalue weighted by atomic mass is 10.1. The van der Waals surface area contributed by atoms with Crippen molar-refractivity contribution in [2.75, 3.05) is 30.8 Å². The summed E-state index contributed by atoms with van der Waals surface area (Å²) in [4.78, 5) is 27.9. The van der Waals surface area contributed by atoms with Gasteiger partial charge in [0.25, 0.3) is 0 Å². The number of anilines is 1. The molecule has 2 atom stereocenters. The fraction of sp³-hybridized carbons (Fsp3) is 0.440. The number of hydrogen-bond donors (Lipinski definition) is 1. The van der Waals surface area contributed by atoms with Crippen LogP contribution in [0.1, 0.15) is 32.8 Å². The average Bonchev–Trinajstić information content (AvgIpc) is 2.82. The molecule has 0 aliphatic heterocycles. The van der Waals surface area contributed by atoms with Crippen molar-refractivity contribution in [1.29, 1.82) is 0 Å². The summed E-state index contributed by atoms with van der Waals surface area (Å²) in [7, 11) is -2.48. The Hall–Kier alpha value is -2.78. The van der Waals surface area contributed by atoms with Crippen LogP contribution in [0.2, 0.25) is 5.02 Å². The van der Waals surface area contributed by atoms with Gasteiger partial charge in [0.15, 0.2) is 0 Å². The number of methoxy groups -OCH3 is 1. The van der Waals surface area contributed by atoms with Gasteiger partial charge in [0.2, 0.25) is 21.8 Å². The lowest BCUT2D eigenvalue weighted by molar-refractivity contribution is -0.139. The number of carbonyl (C=O) groups is 2. The fourth-order valence-electron chi connectivity index (χ4n) is 3.49. The summed E-state index contributed by atoms with van der Waals surface area (Å²) in [6.45, 7) is 5.22. The number of hydrogen-bond acceptors (Lipinski definition) is 5. The molecule has 0 aliphatic carbocycles. The molecule has 2 unspecified atom stereocenters. The van der Waals surface area contributed by atoms with Crippen LogP contribution in [0, 0.1) is 0 Å². The maximum Gasteiger partial charge on any atom is 0.244 e. The maximum atomic E-state index is 13.5. The SMILES string of the molecule is CCC(C)NC(=O)C(C)N(CCc1ccccc1)C(=O)CN(c1cc(Cl)ccc1OC)S(C)(=O)=O. The van der Waals surface area contributed by atoms with Crippen LogP contribution in [0.5, 0.6) is 5.75 Å². The summed E-state index contributed by atoms with van der Waals surface area (Å²) in [6.07, 6.45) is 2.26. The summed E-state index contributed by atoms with van der Waals surface area (Å²) in [5.41, 5.74) is 1.15. The Balaban J connectivity index is 2.38. The molecule has 0 heterocycles. The molecule has 2 amide bonds. The second-order valence-electron chi connectivity index (χ2n) is 8.40. The van der Waals surface area contributed by atoms with Crippen LogP contribution >= 0.6 is 11.6 Å². The van der Waals surface area contributed by atoms with E-state index in [4.69, 9.17) is 16.3 Å². The Bertz CT molecular complexity index is 1110. The van der Waals surface area contributed by atoms with Crippen LogP contribution in [0.3, 0.4) is 0 Å². The molecule has 0 saturated carbocycles. The first kappa shape index (κ1) is 28.5. The van der Waals surface area contributed by atoms with Crippen LogP contribution in [-0.2, 0) is 26.0 Å². The summed E-state index contributed by atoms with van der Waals surface area (Å²) in [5.74, 6) is -0.557. The summed E-state index contributed by atoms with van der Waals surface area (Å²) in [5, 5.41) is 3.20. The summed E-state index contributed by atoms with van der Waals surface area (Å²) < 4.78 is 31.7.